The van der Waals surface area contributed by atoms with Crippen LogP contribution in [0.5, 0.6) is 5.75 Å². The van der Waals surface area contributed by atoms with Gasteiger partial charge in [-0.1, -0.05) is 0 Å². The molecule has 138 valence electrons. The Balaban J connectivity index is 1.37. The maximum absolute atomic E-state index is 12.4. The summed E-state index contributed by atoms with van der Waals surface area (Å²) in [5, 5.41) is 0. The Labute approximate surface area is 153 Å². The van der Waals surface area contributed by atoms with E-state index in [1.807, 2.05) is 36.2 Å². The fraction of sp³-hybridized carbons (Fsp3) is 0.500. The van der Waals surface area contributed by atoms with Gasteiger partial charge < -0.3 is 14.1 Å². The van der Waals surface area contributed by atoms with E-state index in [4.69, 9.17) is 9.15 Å². The number of carbonyl (C=O) groups is 1. The molecule has 3 heterocycles. The van der Waals surface area contributed by atoms with Crippen molar-refractivity contribution in [3.8, 4) is 17.2 Å². The summed E-state index contributed by atoms with van der Waals surface area (Å²) < 4.78 is 10.8. The molecule has 1 aromatic carbocycles. The van der Waals surface area contributed by atoms with Crippen LogP contribution in [0.4, 0.5) is 0 Å². The van der Waals surface area contributed by atoms with Gasteiger partial charge in [-0.25, -0.2) is 4.98 Å². The fourth-order valence-electron chi connectivity index (χ4n) is 4.07. The first-order chi connectivity index (χ1) is 12.6. The van der Waals surface area contributed by atoms with E-state index in [0.29, 0.717) is 11.8 Å². The second-order valence-corrected chi connectivity index (χ2v) is 7.41. The minimum absolute atomic E-state index is 0.108. The van der Waals surface area contributed by atoms with Crippen molar-refractivity contribution in [3.05, 3.63) is 36.2 Å². The lowest BCUT2D eigenvalue weighted by molar-refractivity contribution is -0.137. The zero-order valence-electron chi connectivity index (χ0n) is 15.4. The topological polar surface area (TPSA) is 58.8 Å². The molecular formula is C20H25N3O3. The van der Waals surface area contributed by atoms with Crippen LogP contribution in [0.15, 0.2) is 34.9 Å². The van der Waals surface area contributed by atoms with Crippen molar-refractivity contribution in [3.63, 3.8) is 0 Å². The Bertz CT molecular complexity index is 776. The fourth-order valence-corrected chi connectivity index (χ4v) is 4.07. The third kappa shape index (κ3) is 3.09. The van der Waals surface area contributed by atoms with Crippen molar-refractivity contribution < 1.29 is 13.9 Å². The van der Waals surface area contributed by atoms with Gasteiger partial charge in [-0.3, -0.25) is 9.69 Å². The van der Waals surface area contributed by atoms with Gasteiger partial charge in [-0.05, 0) is 56.6 Å². The molecule has 0 unspecified atom stereocenters. The number of aromatic nitrogens is 1. The predicted molar refractivity (Wildman–Crippen MR) is 97.7 cm³/mol. The second kappa shape index (κ2) is 6.76. The van der Waals surface area contributed by atoms with Gasteiger partial charge in [0.1, 0.15) is 12.0 Å². The van der Waals surface area contributed by atoms with Crippen LogP contribution in [0.1, 0.15) is 25.0 Å². The van der Waals surface area contributed by atoms with Crippen LogP contribution in [0.2, 0.25) is 0 Å². The van der Waals surface area contributed by atoms with Crippen molar-refractivity contribution in [1.29, 1.82) is 0 Å². The third-order valence-electron chi connectivity index (χ3n) is 5.81. The highest BCUT2D eigenvalue weighted by molar-refractivity contribution is 5.84. The number of oxazole rings is 1. The number of rotatable bonds is 4. The number of carbonyl (C=O) groups excluding carboxylic acids is 1. The van der Waals surface area contributed by atoms with Gasteiger partial charge in [-0.2, -0.15) is 0 Å². The number of amides is 1. The molecule has 26 heavy (non-hydrogen) atoms. The van der Waals surface area contributed by atoms with Crippen molar-refractivity contribution >= 4 is 5.91 Å². The quantitative estimate of drug-likeness (QED) is 0.844. The molecule has 2 saturated heterocycles. The van der Waals surface area contributed by atoms with Crippen LogP contribution in [0, 0.1) is 5.41 Å². The molecule has 0 atom stereocenters. The van der Waals surface area contributed by atoms with E-state index in [2.05, 4.69) is 9.88 Å². The van der Waals surface area contributed by atoms with E-state index in [1.165, 1.54) is 0 Å². The summed E-state index contributed by atoms with van der Waals surface area (Å²) in [6, 6.07) is 7.69. The van der Waals surface area contributed by atoms with Crippen LogP contribution < -0.4 is 4.74 Å². The lowest BCUT2D eigenvalue weighted by Gasteiger charge is -2.37. The average Bonchev–Trinajstić information content (AvgIpc) is 3.25. The molecule has 1 spiro atoms. The molecule has 0 radical (unpaired) electrons. The van der Waals surface area contributed by atoms with E-state index in [9.17, 15) is 4.79 Å². The van der Waals surface area contributed by atoms with Gasteiger partial charge >= 0.3 is 0 Å². The predicted octanol–water partition coefficient (Wildman–Crippen LogP) is 2.79. The first-order valence-electron chi connectivity index (χ1n) is 9.16. The summed E-state index contributed by atoms with van der Waals surface area (Å²) >= 11 is 0. The molecule has 0 N–H and O–H groups in total. The molecule has 0 aliphatic carbocycles. The Morgan fingerprint density at radius 1 is 1.15 bits per heavy atom. The summed E-state index contributed by atoms with van der Waals surface area (Å²) in [4.78, 5) is 21.3. The number of methoxy groups -OCH3 is 1. The normalized spacial score (nSPS) is 20.1. The van der Waals surface area contributed by atoms with E-state index in [1.54, 1.807) is 13.4 Å². The van der Waals surface area contributed by atoms with Gasteiger partial charge in [0.25, 0.3) is 0 Å². The van der Waals surface area contributed by atoms with Gasteiger partial charge in [-0.15, -0.1) is 0 Å². The Hall–Kier alpha value is -2.34. The van der Waals surface area contributed by atoms with Crippen molar-refractivity contribution in [2.75, 3.05) is 33.8 Å². The Morgan fingerprint density at radius 3 is 2.46 bits per heavy atom. The molecule has 2 aliphatic rings. The summed E-state index contributed by atoms with van der Waals surface area (Å²) in [6.07, 6.45) is 4.62. The summed E-state index contributed by atoms with van der Waals surface area (Å²) in [7, 11) is 3.57. The van der Waals surface area contributed by atoms with Crippen LogP contribution in [0.3, 0.4) is 0 Å². The lowest BCUT2D eigenvalue weighted by Crippen LogP contribution is -2.43. The van der Waals surface area contributed by atoms with E-state index in [-0.39, 0.29) is 5.41 Å². The largest absolute Gasteiger partial charge is 0.497 e. The van der Waals surface area contributed by atoms with Gasteiger partial charge in [0, 0.05) is 25.7 Å². The van der Waals surface area contributed by atoms with Crippen LogP contribution in [0.25, 0.3) is 11.5 Å². The zero-order chi connectivity index (χ0) is 18.1. The molecular weight excluding hydrogens is 330 g/mol. The maximum atomic E-state index is 12.4. The number of nitrogens with zero attached hydrogens (tertiary/aromatic N) is 3. The molecule has 0 bridgehead atoms. The molecule has 2 aromatic rings. The summed E-state index contributed by atoms with van der Waals surface area (Å²) in [6.45, 7) is 3.53. The highest BCUT2D eigenvalue weighted by Crippen LogP contribution is 2.41. The van der Waals surface area contributed by atoms with E-state index >= 15 is 0 Å². The first kappa shape index (κ1) is 17.1. The van der Waals surface area contributed by atoms with Crippen LogP contribution >= 0.6 is 0 Å². The SMILES string of the molecule is COc1ccc(-c2nc(CN3CCC4(CC3)CCN(C)C4=O)co2)cc1. The Kier molecular flexibility index (Phi) is 4.44. The number of benzene rings is 1. The van der Waals surface area contributed by atoms with Crippen LogP contribution in [-0.2, 0) is 11.3 Å². The number of likely N-dealkylation sites (tertiary alicyclic amines) is 2. The van der Waals surface area contributed by atoms with Gasteiger partial charge in [0.2, 0.25) is 11.8 Å². The number of hydrogen-bond donors (Lipinski definition) is 0. The van der Waals surface area contributed by atoms with Crippen LogP contribution in [-0.4, -0.2) is 54.5 Å². The molecule has 4 rings (SSSR count). The third-order valence-corrected chi connectivity index (χ3v) is 5.81. The van der Waals surface area contributed by atoms with Crippen molar-refractivity contribution in [2.24, 2.45) is 5.41 Å². The zero-order valence-corrected chi connectivity index (χ0v) is 15.4. The number of ether oxygens (including phenoxy) is 1. The molecule has 6 nitrogen and oxygen atoms in total. The highest BCUT2D eigenvalue weighted by Gasteiger charge is 2.46. The van der Waals surface area contributed by atoms with Crippen molar-refractivity contribution in [2.45, 2.75) is 25.8 Å². The average molecular weight is 355 g/mol. The molecule has 6 heteroatoms. The summed E-state index contributed by atoms with van der Waals surface area (Å²) in [5.41, 5.74) is 1.76. The maximum Gasteiger partial charge on any atom is 0.228 e. The van der Waals surface area contributed by atoms with Gasteiger partial charge in [0.05, 0.1) is 18.2 Å². The minimum Gasteiger partial charge on any atom is -0.497 e. The second-order valence-electron chi connectivity index (χ2n) is 7.41. The molecule has 2 fully saturated rings. The lowest BCUT2D eigenvalue weighted by atomic mass is 9.77. The molecule has 2 aliphatic heterocycles. The number of piperidine rings is 1. The van der Waals surface area contributed by atoms with Gasteiger partial charge in [0.15, 0.2) is 0 Å². The highest BCUT2D eigenvalue weighted by atomic mass is 16.5. The van der Waals surface area contributed by atoms with E-state index in [0.717, 1.165) is 62.4 Å². The van der Waals surface area contributed by atoms with Crippen molar-refractivity contribution in [1.82, 2.24) is 14.8 Å². The molecule has 1 aromatic heterocycles. The minimum atomic E-state index is -0.108. The van der Waals surface area contributed by atoms with E-state index < -0.39 is 0 Å². The molecule has 1 amide bonds. The molecule has 0 saturated carbocycles. The monoisotopic (exact) mass is 355 g/mol. The first-order valence-corrected chi connectivity index (χ1v) is 9.16. The number of hydrogen-bond acceptors (Lipinski definition) is 5. The standard InChI is InChI=1S/C20H25N3O3/c1-22-10-7-20(19(22)24)8-11-23(12-9-20)13-16-14-26-18(21-16)15-3-5-17(25-2)6-4-15/h3-6,14H,7-13H2,1-2H3. The Morgan fingerprint density at radius 2 is 1.85 bits per heavy atom. The smallest absolute Gasteiger partial charge is 0.228 e. The summed E-state index contributed by atoms with van der Waals surface area (Å²) in [5.74, 6) is 1.78.